The number of hydrogen-bond donors (Lipinski definition) is 1. The number of halogens is 1. The molecule has 106 valence electrons. The number of sulfonamides is 1. The van der Waals surface area contributed by atoms with Crippen LogP contribution in [0.3, 0.4) is 0 Å². The lowest BCUT2D eigenvalue weighted by Gasteiger charge is -2.31. The molecule has 1 heterocycles. The van der Waals surface area contributed by atoms with Gasteiger partial charge in [-0.1, -0.05) is 11.6 Å². The van der Waals surface area contributed by atoms with Crippen LogP contribution in [0.5, 0.6) is 0 Å². The number of aryl methyl sites for hydroxylation is 1. The Morgan fingerprint density at radius 2 is 1.95 bits per heavy atom. The first kappa shape index (κ1) is 14.8. The van der Waals surface area contributed by atoms with Crippen molar-refractivity contribution in [1.29, 1.82) is 0 Å². The van der Waals surface area contributed by atoms with Crippen LogP contribution in [0.4, 0.5) is 0 Å². The van der Waals surface area contributed by atoms with Crippen molar-refractivity contribution in [2.45, 2.75) is 30.7 Å². The molecule has 1 aliphatic rings. The molecule has 0 amide bonds. The molecule has 0 aromatic heterocycles. The number of piperidine rings is 1. The standard InChI is InChI=1S/C13H19ClN2O2S/c1-10-9-11(14)3-4-13(10)19(17,18)16(2)12-5-7-15-8-6-12/h3-4,9,12,15H,5-8H2,1-2H3. The summed E-state index contributed by atoms with van der Waals surface area (Å²) in [6, 6.07) is 4.97. The van der Waals surface area contributed by atoms with E-state index in [-0.39, 0.29) is 6.04 Å². The van der Waals surface area contributed by atoms with Crippen molar-refractivity contribution in [2.75, 3.05) is 20.1 Å². The normalized spacial score (nSPS) is 17.9. The van der Waals surface area contributed by atoms with Gasteiger partial charge in [-0.2, -0.15) is 4.31 Å². The summed E-state index contributed by atoms with van der Waals surface area (Å²) in [7, 11) is -1.77. The minimum Gasteiger partial charge on any atom is -0.317 e. The van der Waals surface area contributed by atoms with Crippen molar-refractivity contribution in [2.24, 2.45) is 0 Å². The smallest absolute Gasteiger partial charge is 0.243 e. The zero-order valence-electron chi connectivity index (χ0n) is 11.2. The molecule has 19 heavy (non-hydrogen) atoms. The van der Waals surface area contributed by atoms with E-state index in [2.05, 4.69) is 5.32 Å². The van der Waals surface area contributed by atoms with E-state index in [0.29, 0.717) is 15.5 Å². The molecule has 0 unspecified atom stereocenters. The van der Waals surface area contributed by atoms with Crippen LogP contribution in [0.2, 0.25) is 5.02 Å². The fraction of sp³-hybridized carbons (Fsp3) is 0.538. The predicted octanol–water partition coefficient (Wildman–Crippen LogP) is 2.02. The van der Waals surface area contributed by atoms with Crippen molar-refractivity contribution in [1.82, 2.24) is 9.62 Å². The number of hydrogen-bond acceptors (Lipinski definition) is 3. The van der Waals surface area contributed by atoms with Crippen molar-refractivity contribution in [3.05, 3.63) is 28.8 Å². The van der Waals surface area contributed by atoms with Crippen LogP contribution in [0.25, 0.3) is 0 Å². The molecule has 1 N–H and O–H groups in total. The molecule has 1 aromatic rings. The minimum absolute atomic E-state index is 0.0707. The summed E-state index contributed by atoms with van der Waals surface area (Å²) in [6.07, 6.45) is 1.70. The second kappa shape index (κ2) is 5.79. The maximum atomic E-state index is 12.6. The number of nitrogens with zero attached hydrogens (tertiary/aromatic N) is 1. The van der Waals surface area contributed by atoms with Gasteiger partial charge in [0.1, 0.15) is 0 Å². The van der Waals surface area contributed by atoms with E-state index >= 15 is 0 Å². The van der Waals surface area contributed by atoms with E-state index in [9.17, 15) is 8.42 Å². The van der Waals surface area contributed by atoms with Gasteiger partial charge in [0.2, 0.25) is 10.0 Å². The summed E-state index contributed by atoms with van der Waals surface area (Å²) < 4.78 is 26.8. The summed E-state index contributed by atoms with van der Waals surface area (Å²) in [4.78, 5) is 0.345. The van der Waals surface area contributed by atoms with E-state index in [1.54, 1.807) is 32.2 Å². The quantitative estimate of drug-likeness (QED) is 0.929. The molecule has 6 heteroatoms. The molecule has 0 radical (unpaired) electrons. The lowest BCUT2D eigenvalue weighted by Crippen LogP contribution is -2.44. The van der Waals surface area contributed by atoms with E-state index in [1.807, 2.05) is 0 Å². The first-order valence-electron chi connectivity index (χ1n) is 6.38. The van der Waals surface area contributed by atoms with Crippen LogP contribution in [0, 0.1) is 6.92 Å². The Labute approximate surface area is 119 Å². The molecule has 1 aliphatic heterocycles. The number of rotatable bonds is 3. The van der Waals surface area contributed by atoms with Crippen LogP contribution in [-0.4, -0.2) is 38.9 Å². The third-order valence-corrected chi connectivity index (χ3v) is 5.92. The lowest BCUT2D eigenvalue weighted by atomic mass is 10.1. The predicted molar refractivity (Wildman–Crippen MR) is 77.0 cm³/mol. The molecule has 0 bridgehead atoms. The van der Waals surface area contributed by atoms with Gasteiger partial charge in [-0.05, 0) is 56.6 Å². The van der Waals surface area contributed by atoms with Crippen LogP contribution < -0.4 is 5.32 Å². The first-order valence-corrected chi connectivity index (χ1v) is 8.19. The van der Waals surface area contributed by atoms with Gasteiger partial charge < -0.3 is 5.32 Å². The van der Waals surface area contributed by atoms with Crippen molar-refractivity contribution < 1.29 is 8.42 Å². The molecular formula is C13H19ClN2O2S. The zero-order chi connectivity index (χ0) is 14.0. The number of benzene rings is 1. The molecule has 1 aromatic carbocycles. The van der Waals surface area contributed by atoms with E-state index in [0.717, 1.165) is 25.9 Å². The van der Waals surface area contributed by atoms with Gasteiger partial charge >= 0.3 is 0 Å². The largest absolute Gasteiger partial charge is 0.317 e. The van der Waals surface area contributed by atoms with Gasteiger partial charge in [-0.15, -0.1) is 0 Å². The van der Waals surface area contributed by atoms with E-state index in [1.165, 1.54) is 4.31 Å². The molecule has 0 saturated carbocycles. The Morgan fingerprint density at radius 3 is 2.53 bits per heavy atom. The average molecular weight is 303 g/mol. The van der Waals surface area contributed by atoms with E-state index < -0.39 is 10.0 Å². The Morgan fingerprint density at radius 1 is 1.32 bits per heavy atom. The topological polar surface area (TPSA) is 49.4 Å². The highest BCUT2D eigenvalue weighted by Gasteiger charge is 2.29. The molecule has 0 spiro atoms. The molecule has 1 fully saturated rings. The Balaban J connectivity index is 2.30. The second-order valence-corrected chi connectivity index (χ2v) is 7.31. The molecule has 0 aliphatic carbocycles. The maximum Gasteiger partial charge on any atom is 0.243 e. The maximum absolute atomic E-state index is 12.6. The summed E-state index contributed by atoms with van der Waals surface area (Å²) in [5, 5.41) is 3.80. The van der Waals surface area contributed by atoms with Crippen LogP contribution in [-0.2, 0) is 10.0 Å². The number of nitrogens with one attached hydrogen (secondary N) is 1. The molecule has 2 rings (SSSR count). The highest BCUT2D eigenvalue weighted by molar-refractivity contribution is 7.89. The van der Waals surface area contributed by atoms with E-state index in [4.69, 9.17) is 11.6 Å². The molecule has 1 saturated heterocycles. The van der Waals surface area contributed by atoms with Gasteiger partial charge in [0.05, 0.1) is 4.90 Å². The Bertz CT molecular complexity index is 554. The molecular weight excluding hydrogens is 284 g/mol. The first-order chi connectivity index (χ1) is 8.93. The average Bonchev–Trinajstić information content (AvgIpc) is 2.38. The third-order valence-electron chi connectivity index (χ3n) is 3.62. The Kier molecular flexibility index (Phi) is 4.50. The summed E-state index contributed by atoms with van der Waals surface area (Å²) in [5.41, 5.74) is 0.688. The van der Waals surface area contributed by atoms with Gasteiger partial charge in [0.15, 0.2) is 0 Å². The zero-order valence-corrected chi connectivity index (χ0v) is 12.8. The fourth-order valence-corrected chi connectivity index (χ4v) is 4.27. The molecule has 0 atom stereocenters. The lowest BCUT2D eigenvalue weighted by molar-refractivity contribution is 0.296. The van der Waals surface area contributed by atoms with Gasteiger partial charge in [0.25, 0.3) is 0 Å². The third kappa shape index (κ3) is 3.11. The van der Waals surface area contributed by atoms with Crippen LogP contribution in [0.15, 0.2) is 23.1 Å². The summed E-state index contributed by atoms with van der Waals surface area (Å²) in [6.45, 7) is 3.50. The fourth-order valence-electron chi connectivity index (χ4n) is 2.42. The van der Waals surface area contributed by atoms with Crippen molar-refractivity contribution >= 4 is 21.6 Å². The van der Waals surface area contributed by atoms with Gasteiger partial charge in [0, 0.05) is 18.1 Å². The van der Waals surface area contributed by atoms with Crippen LogP contribution in [0.1, 0.15) is 18.4 Å². The van der Waals surface area contributed by atoms with Gasteiger partial charge in [-0.3, -0.25) is 0 Å². The minimum atomic E-state index is -3.44. The van der Waals surface area contributed by atoms with Crippen molar-refractivity contribution in [3.8, 4) is 0 Å². The second-order valence-electron chi connectivity index (χ2n) is 4.91. The van der Waals surface area contributed by atoms with Crippen LogP contribution >= 0.6 is 11.6 Å². The molecule has 4 nitrogen and oxygen atoms in total. The van der Waals surface area contributed by atoms with Crippen molar-refractivity contribution in [3.63, 3.8) is 0 Å². The highest BCUT2D eigenvalue weighted by Crippen LogP contribution is 2.25. The highest BCUT2D eigenvalue weighted by atomic mass is 35.5. The Hall–Kier alpha value is -0.620. The summed E-state index contributed by atoms with van der Waals surface area (Å²) >= 11 is 5.88. The summed E-state index contributed by atoms with van der Waals surface area (Å²) in [5.74, 6) is 0. The van der Waals surface area contributed by atoms with Gasteiger partial charge in [-0.25, -0.2) is 8.42 Å². The SMILES string of the molecule is Cc1cc(Cl)ccc1S(=O)(=O)N(C)C1CCNCC1. The monoisotopic (exact) mass is 302 g/mol.